The summed E-state index contributed by atoms with van der Waals surface area (Å²) in [5.41, 5.74) is 11.5. The van der Waals surface area contributed by atoms with E-state index in [0.717, 1.165) is 5.56 Å². The van der Waals surface area contributed by atoms with Crippen molar-refractivity contribution in [2.24, 2.45) is 11.5 Å². The SMILES string of the molecule is C/C=C/c1ccccc1OCC(N)C(N)=O. The molecular formula is C12H16N2O2. The molecular weight excluding hydrogens is 204 g/mol. The maximum absolute atomic E-state index is 10.7. The Morgan fingerprint density at radius 2 is 2.19 bits per heavy atom. The van der Waals surface area contributed by atoms with Crippen LogP contribution in [0, 0.1) is 0 Å². The van der Waals surface area contributed by atoms with Crippen LogP contribution in [0.4, 0.5) is 0 Å². The fourth-order valence-corrected chi connectivity index (χ4v) is 1.19. The molecule has 0 aromatic heterocycles. The lowest BCUT2D eigenvalue weighted by Gasteiger charge is -2.11. The van der Waals surface area contributed by atoms with Crippen LogP contribution in [-0.2, 0) is 4.79 Å². The van der Waals surface area contributed by atoms with Gasteiger partial charge in [-0.3, -0.25) is 4.79 Å². The number of para-hydroxylation sites is 1. The molecule has 0 saturated carbocycles. The fraction of sp³-hybridized carbons (Fsp3) is 0.250. The van der Waals surface area contributed by atoms with Crippen LogP contribution in [0.15, 0.2) is 30.3 Å². The van der Waals surface area contributed by atoms with E-state index < -0.39 is 11.9 Å². The van der Waals surface area contributed by atoms with E-state index in [0.29, 0.717) is 5.75 Å². The molecule has 0 radical (unpaired) electrons. The van der Waals surface area contributed by atoms with E-state index in [2.05, 4.69) is 0 Å². The quantitative estimate of drug-likeness (QED) is 0.774. The summed E-state index contributed by atoms with van der Waals surface area (Å²) >= 11 is 0. The lowest BCUT2D eigenvalue weighted by Crippen LogP contribution is -2.41. The number of amides is 1. The summed E-state index contributed by atoms with van der Waals surface area (Å²) in [6, 6.07) is 6.74. The van der Waals surface area contributed by atoms with E-state index >= 15 is 0 Å². The zero-order chi connectivity index (χ0) is 12.0. The molecule has 1 aromatic rings. The first kappa shape index (κ1) is 12.3. The molecule has 1 amide bonds. The van der Waals surface area contributed by atoms with E-state index in [1.807, 2.05) is 43.3 Å². The number of rotatable bonds is 5. The van der Waals surface area contributed by atoms with Crippen LogP contribution in [0.2, 0.25) is 0 Å². The summed E-state index contributed by atoms with van der Waals surface area (Å²) in [5.74, 6) is 0.126. The molecule has 1 atom stereocenters. The molecule has 0 aliphatic rings. The van der Waals surface area contributed by atoms with Crippen molar-refractivity contribution < 1.29 is 9.53 Å². The molecule has 0 fully saturated rings. The lowest BCUT2D eigenvalue weighted by atomic mass is 10.2. The Morgan fingerprint density at radius 1 is 1.50 bits per heavy atom. The molecule has 16 heavy (non-hydrogen) atoms. The van der Waals surface area contributed by atoms with Gasteiger partial charge in [-0.05, 0) is 13.0 Å². The molecule has 1 unspecified atom stereocenters. The summed E-state index contributed by atoms with van der Waals surface area (Å²) < 4.78 is 5.44. The minimum Gasteiger partial charge on any atom is -0.491 e. The summed E-state index contributed by atoms with van der Waals surface area (Å²) in [6.45, 7) is 2.01. The van der Waals surface area contributed by atoms with Crippen LogP contribution in [0.25, 0.3) is 6.08 Å². The van der Waals surface area contributed by atoms with Gasteiger partial charge in [0.15, 0.2) is 0 Å². The molecule has 0 aliphatic carbocycles. The van der Waals surface area contributed by atoms with Crippen LogP contribution in [0.3, 0.4) is 0 Å². The molecule has 0 saturated heterocycles. The third-order valence-corrected chi connectivity index (χ3v) is 2.05. The van der Waals surface area contributed by atoms with Crippen LogP contribution < -0.4 is 16.2 Å². The number of allylic oxidation sites excluding steroid dienone is 1. The highest BCUT2D eigenvalue weighted by Gasteiger charge is 2.10. The van der Waals surface area contributed by atoms with E-state index in [9.17, 15) is 4.79 Å². The summed E-state index contributed by atoms with van der Waals surface area (Å²) in [6.07, 6.45) is 3.83. The smallest absolute Gasteiger partial charge is 0.237 e. The zero-order valence-electron chi connectivity index (χ0n) is 9.22. The number of carbonyl (C=O) groups excluding carboxylic acids is 1. The minimum atomic E-state index is -0.779. The number of hydrogen-bond acceptors (Lipinski definition) is 3. The largest absolute Gasteiger partial charge is 0.491 e. The van der Waals surface area contributed by atoms with Crippen LogP contribution >= 0.6 is 0 Å². The summed E-state index contributed by atoms with van der Waals surface area (Å²) in [5, 5.41) is 0. The number of ether oxygens (including phenoxy) is 1. The second-order valence-electron chi connectivity index (χ2n) is 3.36. The molecule has 0 bridgehead atoms. The van der Waals surface area contributed by atoms with E-state index in [-0.39, 0.29) is 6.61 Å². The van der Waals surface area contributed by atoms with Gasteiger partial charge in [0.25, 0.3) is 0 Å². The molecule has 4 N–H and O–H groups in total. The van der Waals surface area contributed by atoms with Crippen molar-refractivity contribution >= 4 is 12.0 Å². The van der Waals surface area contributed by atoms with Gasteiger partial charge in [0.05, 0.1) is 0 Å². The van der Waals surface area contributed by atoms with Gasteiger partial charge in [0.1, 0.15) is 18.4 Å². The Labute approximate surface area is 94.9 Å². The molecule has 4 heteroatoms. The average molecular weight is 220 g/mol. The predicted molar refractivity (Wildman–Crippen MR) is 63.8 cm³/mol. The Kier molecular flexibility index (Phi) is 4.54. The normalized spacial score (nSPS) is 12.6. The third-order valence-electron chi connectivity index (χ3n) is 2.05. The predicted octanol–water partition coefficient (Wildman–Crippen LogP) is 0.911. The summed E-state index contributed by atoms with van der Waals surface area (Å²) in [4.78, 5) is 10.7. The van der Waals surface area contributed by atoms with Crippen molar-refractivity contribution in [2.45, 2.75) is 13.0 Å². The maximum Gasteiger partial charge on any atom is 0.237 e. The van der Waals surface area contributed by atoms with Crippen molar-refractivity contribution in [3.05, 3.63) is 35.9 Å². The lowest BCUT2D eigenvalue weighted by molar-refractivity contribution is -0.119. The van der Waals surface area contributed by atoms with Gasteiger partial charge < -0.3 is 16.2 Å². The van der Waals surface area contributed by atoms with Gasteiger partial charge in [-0.2, -0.15) is 0 Å². The Hall–Kier alpha value is -1.81. The van der Waals surface area contributed by atoms with E-state index in [1.54, 1.807) is 0 Å². The van der Waals surface area contributed by atoms with Crippen molar-refractivity contribution in [3.8, 4) is 5.75 Å². The number of carbonyl (C=O) groups is 1. The second-order valence-corrected chi connectivity index (χ2v) is 3.36. The van der Waals surface area contributed by atoms with Gasteiger partial charge in [0.2, 0.25) is 5.91 Å². The first-order valence-electron chi connectivity index (χ1n) is 5.04. The van der Waals surface area contributed by atoms with E-state index in [4.69, 9.17) is 16.2 Å². The van der Waals surface area contributed by atoms with Crippen LogP contribution in [-0.4, -0.2) is 18.6 Å². The number of primary amides is 1. The second kappa shape index (κ2) is 5.92. The number of hydrogen-bond donors (Lipinski definition) is 2. The molecule has 1 aromatic carbocycles. The van der Waals surface area contributed by atoms with Gasteiger partial charge >= 0.3 is 0 Å². The fourth-order valence-electron chi connectivity index (χ4n) is 1.19. The molecule has 0 heterocycles. The molecule has 1 rings (SSSR count). The van der Waals surface area contributed by atoms with Gasteiger partial charge in [-0.25, -0.2) is 0 Å². The van der Waals surface area contributed by atoms with Gasteiger partial charge in [-0.1, -0.05) is 30.4 Å². The monoisotopic (exact) mass is 220 g/mol. The maximum atomic E-state index is 10.7. The number of benzene rings is 1. The van der Waals surface area contributed by atoms with Crippen LogP contribution in [0.1, 0.15) is 12.5 Å². The highest BCUT2D eigenvalue weighted by Crippen LogP contribution is 2.19. The first-order chi connectivity index (χ1) is 7.65. The molecule has 86 valence electrons. The summed E-state index contributed by atoms with van der Waals surface area (Å²) in [7, 11) is 0. The molecule has 4 nitrogen and oxygen atoms in total. The highest BCUT2D eigenvalue weighted by atomic mass is 16.5. The molecule has 0 aliphatic heterocycles. The van der Waals surface area contributed by atoms with Crippen molar-refractivity contribution in [3.63, 3.8) is 0 Å². The highest BCUT2D eigenvalue weighted by molar-refractivity contribution is 5.79. The Bertz CT molecular complexity index is 388. The zero-order valence-corrected chi connectivity index (χ0v) is 9.22. The topological polar surface area (TPSA) is 78.3 Å². The van der Waals surface area contributed by atoms with E-state index in [1.165, 1.54) is 0 Å². The van der Waals surface area contributed by atoms with Crippen molar-refractivity contribution in [1.29, 1.82) is 0 Å². The third kappa shape index (κ3) is 3.40. The van der Waals surface area contributed by atoms with Crippen molar-refractivity contribution in [2.75, 3.05) is 6.61 Å². The standard InChI is InChI=1S/C12H16N2O2/c1-2-5-9-6-3-4-7-11(9)16-8-10(13)12(14)15/h2-7,10H,8,13H2,1H3,(H2,14,15)/b5-2+. The number of nitrogens with two attached hydrogens (primary N) is 2. The molecule has 0 spiro atoms. The minimum absolute atomic E-state index is 0.0872. The Morgan fingerprint density at radius 3 is 2.81 bits per heavy atom. The van der Waals surface area contributed by atoms with Gasteiger partial charge in [0, 0.05) is 5.56 Å². The van der Waals surface area contributed by atoms with Gasteiger partial charge in [-0.15, -0.1) is 0 Å². The first-order valence-corrected chi connectivity index (χ1v) is 5.04. The van der Waals surface area contributed by atoms with Crippen LogP contribution in [0.5, 0.6) is 5.75 Å². The average Bonchev–Trinajstić information content (AvgIpc) is 2.27. The van der Waals surface area contributed by atoms with Crippen molar-refractivity contribution in [1.82, 2.24) is 0 Å². The Balaban J connectivity index is 2.69.